The fourth-order valence-corrected chi connectivity index (χ4v) is 4.67. The third-order valence-electron chi connectivity index (χ3n) is 4.87. The number of hydrogen-bond donors (Lipinski definition) is 1. The number of amides is 1. The van der Waals surface area contributed by atoms with E-state index in [1.165, 1.54) is 18.4 Å². The van der Waals surface area contributed by atoms with E-state index in [2.05, 4.69) is 5.32 Å². The Morgan fingerprint density at radius 1 is 1.07 bits per heavy atom. The molecule has 0 saturated carbocycles. The van der Waals surface area contributed by atoms with Crippen molar-refractivity contribution in [2.45, 2.75) is 44.9 Å². The maximum atomic E-state index is 12.3. The predicted octanol–water partition coefficient (Wildman–Crippen LogP) is 3.92. The van der Waals surface area contributed by atoms with Gasteiger partial charge in [-0.1, -0.05) is 30.3 Å². The van der Waals surface area contributed by atoms with Crippen molar-refractivity contribution in [3.05, 3.63) is 51.9 Å². The van der Waals surface area contributed by atoms with E-state index in [1.54, 1.807) is 0 Å². The van der Waals surface area contributed by atoms with Gasteiger partial charge >= 0.3 is 11.9 Å². The summed E-state index contributed by atoms with van der Waals surface area (Å²) in [5, 5.41) is 3.31. The van der Waals surface area contributed by atoms with Crippen LogP contribution in [0.25, 0.3) is 0 Å². The fraction of sp³-hybridized carbons (Fsp3) is 0.409. The molecule has 1 aromatic heterocycles. The lowest BCUT2D eigenvalue weighted by Gasteiger charge is -2.11. The SMILES string of the molecule is COC(=O)c1c(NC(=O)CCC(=O)OCCc2ccccc2)sc2c1CCCC2. The Morgan fingerprint density at radius 3 is 2.59 bits per heavy atom. The summed E-state index contributed by atoms with van der Waals surface area (Å²) in [5.74, 6) is -1.15. The highest BCUT2D eigenvalue weighted by Gasteiger charge is 2.26. The number of carbonyl (C=O) groups is 3. The lowest BCUT2D eigenvalue weighted by Crippen LogP contribution is -2.17. The van der Waals surface area contributed by atoms with E-state index in [0.29, 0.717) is 17.0 Å². The van der Waals surface area contributed by atoms with E-state index >= 15 is 0 Å². The first-order chi connectivity index (χ1) is 14.1. The second-order valence-electron chi connectivity index (χ2n) is 6.91. The van der Waals surface area contributed by atoms with Crippen molar-refractivity contribution in [2.75, 3.05) is 19.0 Å². The summed E-state index contributed by atoms with van der Waals surface area (Å²) in [7, 11) is 1.34. The number of thiophene rings is 1. The van der Waals surface area contributed by atoms with Crippen molar-refractivity contribution >= 4 is 34.2 Å². The van der Waals surface area contributed by atoms with Crippen molar-refractivity contribution in [2.24, 2.45) is 0 Å². The molecule has 0 aliphatic heterocycles. The maximum absolute atomic E-state index is 12.3. The molecular formula is C22H25NO5S. The van der Waals surface area contributed by atoms with Crippen molar-refractivity contribution < 1.29 is 23.9 Å². The second kappa shape index (κ2) is 10.2. The first-order valence-corrected chi connectivity index (χ1v) is 10.6. The third-order valence-corrected chi connectivity index (χ3v) is 6.07. The zero-order valence-corrected chi connectivity index (χ0v) is 17.3. The zero-order chi connectivity index (χ0) is 20.6. The van der Waals surface area contributed by atoms with Crippen molar-refractivity contribution in [1.29, 1.82) is 0 Å². The number of esters is 2. The minimum absolute atomic E-state index is 0.000724. The van der Waals surface area contributed by atoms with Gasteiger partial charge in [0.1, 0.15) is 5.00 Å². The van der Waals surface area contributed by atoms with Crippen LogP contribution >= 0.6 is 11.3 Å². The van der Waals surface area contributed by atoms with Crippen molar-refractivity contribution in [3.63, 3.8) is 0 Å². The van der Waals surface area contributed by atoms with E-state index in [0.717, 1.165) is 41.7 Å². The first-order valence-electron chi connectivity index (χ1n) is 9.80. The molecule has 1 amide bonds. The molecule has 29 heavy (non-hydrogen) atoms. The molecule has 0 fully saturated rings. The Bertz CT molecular complexity index is 875. The number of carbonyl (C=O) groups excluding carboxylic acids is 3. The van der Waals surface area contributed by atoms with E-state index in [1.807, 2.05) is 30.3 Å². The van der Waals surface area contributed by atoms with Crippen LogP contribution in [-0.2, 0) is 38.3 Å². The van der Waals surface area contributed by atoms with E-state index in [9.17, 15) is 14.4 Å². The van der Waals surface area contributed by atoms with Crippen LogP contribution in [0, 0.1) is 0 Å². The van der Waals surface area contributed by atoms with Crippen LogP contribution in [0.3, 0.4) is 0 Å². The number of hydrogen-bond acceptors (Lipinski definition) is 6. The Labute approximate surface area is 174 Å². The molecule has 1 aromatic carbocycles. The lowest BCUT2D eigenvalue weighted by atomic mass is 9.95. The van der Waals surface area contributed by atoms with Gasteiger partial charge in [0.05, 0.1) is 25.7 Å². The molecule has 7 heteroatoms. The van der Waals surface area contributed by atoms with Gasteiger partial charge in [0.15, 0.2) is 0 Å². The molecule has 0 saturated heterocycles. The van der Waals surface area contributed by atoms with Crippen molar-refractivity contribution in [1.82, 2.24) is 0 Å². The topological polar surface area (TPSA) is 81.7 Å². The van der Waals surface area contributed by atoms with E-state index < -0.39 is 11.9 Å². The number of anilines is 1. The molecule has 1 aliphatic carbocycles. The summed E-state index contributed by atoms with van der Waals surface area (Å²) in [6.07, 6.45) is 4.48. The highest BCUT2D eigenvalue weighted by Crippen LogP contribution is 2.38. The number of nitrogens with one attached hydrogen (secondary N) is 1. The number of benzene rings is 1. The van der Waals surface area contributed by atoms with Gasteiger partial charge in [-0.05, 0) is 36.8 Å². The fourth-order valence-electron chi connectivity index (χ4n) is 3.38. The number of aryl methyl sites for hydroxylation is 1. The molecule has 3 rings (SSSR count). The molecule has 0 radical (unpaired) electrons. The van der Waals surface area contributed by atoms with Gasteiger partial charge in [-0.2, -0.15) is 0 Å². The summed E-state index contributed by atoms with van der Waals surface area (Å²) in [6, 6.07) is 9.75. The largest absolute Gasteiger partial charge is 0.465 e. The van der Waals surface area contributed by atoms with Crippen LogP contribution in [0.4, 0.5) is 5.00 Å². The standard InChI is InChI=1S/C22H25NO5S/c1-27-22(26)20-16-9-5-6-10-17(16)29-21(20)23-18(24)11-12-19(25)28-14-13-15-7-3-2-4-8-15/h2-4,7-8H,5-6,9-14H2,1H3,(H,23,24). The van der Waals surface area contributed by atoms with Crippen LogP contribution < -0.4 is 5.32 Å². The minimum atomic E-state index is -0.431. The monoisotopic (exact) mass is 415 g/mol. The Hall–Kier alpha value is -2.67. The average Bonchev–Trinajstić information content (AvgIpc) is 3.10. The maximum Gasteiger partial charge on any atom is 0.341 e. The van der Waals surface area contributed by atoms with Gasteiger partial charge < -0.3 is 14.8 Å². The quantitative estimate of drug-likeness (QED) is 0.661. The van der Waals surface area contributed by atoms with Crippen LogP contribution in [0.2, 0.25) is 0 Å². The van der Waals surface area contributed by atoms with Gasteiger partial charge in [0.2, 0.25) is 5.91 Å². The first kappa shape index (κ1) is 21.0. The Kier molecular flexibility index (Phi) is 7.41. The number of fused-ring (bicyclic) bond motifs is 1. The normalized spacial score (nSPS) is 12.7. The highest BCUT2D eigenvalue weighted by molar-refractivity contribution is 7.17. The van der Waals surface area contributed by atoms with Gasteiger partial charge in [-0.25, -0.2) is 4.79 Å². The second-order valence-corrected chi connectivity index (χ2v) is 8.02. The lowest BCUT2D eigenvalue weighted by molar-refractivity contribution is -0.144. The molecule has 154 valence electrons. The molecule has 0 bridgehead atoms. The van der Waals surface area contributed by atoms with Crippen LogP contribution in [-0.4, -0.2) is 31.6 Å². The van der Waals surface area contributed by atoms with Gasteiger partial charge in [-0.3, -0.25) is 9.59 Å². The van der Waals surface area contributed by atoms with Crippen LogP contribution in [0.15, 0.2) is 30.3 Å². The highest BCUT2D eigenvalue weighted by atomic mass is 32.1. The van der Waals surface area contributed by atoms with Crippen LogP contribution in [0.1, 0.15) is 52.0 Å². The van der Waals surface area contributed by atoms with Crippen molar-refractivity contribution in [3.8, 4) is 0 Å². The van der Waals surface area contributed by atoms with Crippen LogP contribution in [0.5, 0.6) is 0 Å². The molecule has 1 N–H and O–H groups in total. The molecular weight excluding hydrogens is 390 g/mol. The average molecular weight is 416 g/mol. The summed E-state index contributed by atoms with van der Waals surface area (Å²) in [5.41, 5.74) is 2.55. The Balaban J connectivity index is 1.50. The third kappa shape index (κ3) is 5.67. The molecule has 6 nitrogen and oxygen atoms in total. The number of methoxy groups -OCH3 is 1. The molecule has 0 unspecified atom stereocenters. The molecule has 1 aliphatic rings. The molecule has 0 spiro atoms. The molecule has 1 heterocycles. The predicted molar refractivity (Wildman–Crippen MR) is 111 cm³/mol. The van der Waals surface area contributed by atoms with Gasteiger partial charge in [0.25, 0.3) is 0 Å². The summed E-state index contributed by atoms with van der Waals surface area (Å²) < 4.78 is 10.1. The minimum Gasteiger partial charge on any atom is -0.465 e. The van der Waals surface area contributed by atoms with Gasteiger partial charge in [0, 0.05) is 17.7 Å². The van der Waals surface area contributed by atoms with E-state index in [-0.39, 0.29) is 25.4 Å². The van der Waals surface area contributed by atoms with Gasteiger partial charge in [-0.15, -0.1) is 11.3 Å². The number of rotatable bonds is 8. The number of ether oxygens (including phenoxy) is 2. The molecule has 0 atom stereocenters. The van der Waals surface area contributed by atoms with E-state index in [4.69, 9.17) is 9.47 Å². The summed E-state index contributed by atoms with van der Waals surface area (Å²) in [4.78, 5) is 37.6. The Morgan fingerprint density at radius 2 is 1.83 bits per heavy atom. The zero-order valence-electron chi connectivity index (χ0n) is 16.5. The smallest absolute Gasteiger partial charge is 0.341 e. The summed E-state index contributed by atoms with van der Waals surface area (Å²) in [6.45, 7) is 0.286. The molecule has 2 aromatic rings. The summed E-state index contributed by atoms with van der Waals surface area (Å²) >= 11 is 1.43.